The quantitative estimate of drug-likeness (QED) is 0.522. The van der Waals surface area contributed by atoms with Crippen LogP contribution in [-0.2, 0) is 9.59 Å². The van der Waals surface area contributed by atoms with Gasteiger partial charge in [0.15, 0.2) is 0 Å². The van der Waals surface area contributed by atoms with Crippen LogP contribution in [0.2, 0.25) is 0 Å². The number of aromatic nitrogens is 4. The number of aryl methyl sites for hydroxylation is 2. The van der Waals surface area contributed by atoms with Gasteiger partial charge in [-0.25, -0.2) is 9.67 Å². The maximum Gasteiger partial charge on any atom is 0.248 e. The van der Waals surface area contributed by atoms with Crippen LogP contribution in [0, 0.1) is 19.8 Å². The summed E-state index contributed by atoms with van der Waals surface area (Å²) in [6.45, 7) is 5.89. The molecule has 3 heterocycles. The third kappa shape index (κ3) is 4.85. The van der Waals surface area contributed by atoms with Gasteiger partial charge in [-0.1, -0.05) is 29.5 Å². The first-order valence-electron chi connectivity index (χ1n) is 12.0. The minimum absolute atomic E-state index is 0.144. The van der Waals surface area contributed by atoms with E-state index in [-0.39, 0.29) is 36.7 Å². The Labute approximate surface area is 208 Å². The Kier molecular flexibility index (Phi) is 6.41. The lowest BCUT2D eigenvalue weighted by molar-refractivity contribution is -0.142. The van der Waals surface area contributed by atoms with Crippen LogP contribution >= 0.6 is 11.3 Å². The van der Waals surface area contributed by atoms with Crippen LogP contribution < -0.4 is 5.32 Å². The SMILES string of the molecule is Cc1cn([C@H](C(=O)N2C[C@H](O)C[C@H]2C(=O)N[C@@H](C)c2ccc(-c3scnc3C)cc2)C2CC2)nn1. The third-order valence-electron chi connectivity index (χ3n) is 6.87. The van der Waals surface area contributed by atoms with Gasteiger partial charge in [0, 0.05) is 19.2 Å². The molecule has 2 aromatic heterocycles. The standard InChI is InChI=1S/C25H30N6O3S/c1-14-11-31(29-28-14)22(18-6-7-18)25(34)30-12-20(32)10-21(30)24(33)27-15(2)17-4-8-19(9-5-17)23-16(3)26-13-35-23/h4-5,8-9,11,13,15,18,20-22,32H,6-7,10,12H2,1-3H3,(H,27,33)/t15-,20+,21-,22-/m0/s1. The topological polar surface area (TPSA) is 113 Å². The number of carbonyl (C=O) groups excluding carboxylic acids is 2. The van der Waals surface area contributed by atoms with Crippen LogP contribution in [0.15, 0.2) is 36.0 Å². The van der Waals surface area contributed by atoms with Crippen LogP contribution in [0.3, 0.4) is 0 Å². The van der Waals surface area contributed by atoms with E-state index in [2.05, 4.69) is 20.6 Å². The van der Waals surface area contributed by atoms with E-state index in [0.717, 1.165) is 40.2 Å². The fraction of sp³-hybridized carbons (Fsp3) is 0.480. The van der Waals surface area contributed by atoms with Crippen molar-refractivity contribution in [3.63, 3.8) is 0 Å². The molecule has 0 unspecified atom stereocenters. The minimum atomic E-state index is -0.732. The summed E-state index contributed by atoms with van der Waals surface area (Å²) in [5, 5.41) is 21.6. The summed E-state index contributed by atoms with van der Waals surface area (Å²) in [6.07, 6.45) is 3.14. The highest BCUT2D eigenvalue weighted by Gasteiger charge is 2.46. The summed E-state index contributed by atoms with van der Waals surface area (Å²) in [5.74, 6) is -0.246. The molecule has 2 N–H and O–H groups in total. The molecule has 1 aromatic carbocycles. The van der Waals surface area contributed by atoms with Crippen molar-refractivity contribution in [2.75, 3.05) is 6.54 Å². The first-order chi connectivity index (χ1) is 16.8. The van der Waals surface area contributed by atoms with E-state index >= 15 is 0 Å². The van der Waals surface area contributed by atoms with Gasteiger partial charge in [0.05, 0.1) is 33.9 Å². The molecule has 1 aliphatic heterocycles. The van der Waals surface area contributed by atoms with E-state index < -0.39 is 18.2 Å². The molecule has 4 atom stereocenters. The molecule has 5 rings (SSSR count). The number of aliphatic hydroxyl groups excluding tert-OH is 1. The van der Waals surface area contributed by atoms with E-state index in [1.54, 1.807) is 22.2 Å². The molecular formula is C25H30N6O3S. The second-order valence-corrected chi connectivity index (χ2v) is 10.5. The molecular weight excluding hydrogens is 464 g/mol. The molecule has 1 saturated heterocycles. The average molecular weight is 495 g/mol. The van der Waals surface area contributed by atoms with E-state index in [1.165, 1.54) is 4.90 Å². The number of nitrogens with one attached hydrogen (secondary N) is 1. The lowest BCUT2D eigenvalue weighted by atomic mass is 10.0. The Hall–Kier alpha value is -3.11. The van der Waals surface area contributed by atoms with Gasteiger partial charge in [-0.2, -0.15) is 0 Å². The summed E-state index contributed by atoms with van der Waals surface area (Å²) in [6, 6.07) is 6.62. The summed E-state index contributed by atoms with van der Waals surface area (Å²) in [4.78, 5) is 33.8. The molecule has 9 nitrogen and oxygen atoms in total. The van der Waals surface area contributed by atoms with E-state index in [1.807, 2.05) is 50.5 Å². The Balaban J connectivity index is 1.29. The van der Waals surface area contributed by atoms with Gasteiger partial charge in [0.25, 0.3) is 0 Å². The molecule has 0 radical (unpaired) electrons. The second-order valence-electron chi connectivity index (χ2n) is 9.64. The number of nitrogens with zero attached hydrogens (tertiary/aromatic N) is 5. The predicted octanol–water partition coefficient (Wildman–Crippen LogP) is 2.81. The molecule has 184 valence electrons. The number of thiazole rings is 1. The van der Waals surface area contributed by atoms with Gasteiger partial charge in [0.1, 0.15) is 12.1 Å². The van der Waals surface area contributed by atoms with Gasteiger partial charge in [-0.15, -0.1) is 16.4 Å². The monoisotopic (exact) mass is 494 g/mol. The number of likely N-dealkylation sites (tertiary alicyclic amines) is 1. The van der Waals surface area contributed by atoms with Crippen molar-refractivity contribution >= 4 is 23.2 Å². The Morgan fingerprint density at radius 3 is 2.54 bits per heavy atom. The Morgan fingerprint density at radius 1 is 1.20 bits per heavy atom. The van der Waals surface area contributed by atoms with Crippen molar-refractivity contribution in [1.29, 1.82) is 0 Å². The number of benzene rings is 1. The number of amides is 2. The largest absolute Gasteiger partial charge is 0.391 e. The fourth-order valence-corrected chi connectivity index (χ4v) is 5.63. The zero-order chi connectivity index (χ0) is 24.7. The summed E-state index contributed by atoms with van der Waals surface area (Å²) >= 11 is 1.60. The molecule has 2 amide bonds. The van der Waals surface area contributed by atoms with Crippen LogP contribution in [0.4, 0.5) is 0 Å². The van der Waals surface area contributed by atoms with Crippen LogP contribution in [0.25, 0.3) is 10.4 Å². The highest BCUT2D eigenvalue weighted by atomic mass is 32.1. The zero-order valence-electron chi connectivity index (χ0n) is 20.1. The van der Waals surface area contributed by atoms with Gasteiger partial charge >= 0.3 is 0 Å². The van der Waals surface area contributed by atoms with Crippen molar-refractivity contribution in [3.8, 4) is 10.4 Å². The summed E-state index contributed by atoms with van der Waals surface area (Å²) in [5.41, 5.74) is 5.64. The van der Waals surface area contributed by atoms with Crippen molar-refractivity contribution in [1.82, 2.24) is 30.2 Å². The lowest BCUT2D eigenvalue weighted by Gasteiger charge is -2.29. The van der Waals surface area contributed by atoms with Gasteiger partial charge in [0.2, 0.25) is 11.8 Å². The number of β-amino-alcohol motifs (C(OH)–C–C–N with tert-alkyl or cyclic N) is 1. The highest BCUT2D eigenvalue weighted by molar-refractivity contribution is 7.13. The first-order valence-corrected chi connectivity index (χ1v) is 12.9. The molecule has 35 heavy (non-hydrogen) atoms. The van der Waals surface area contributed by atoms with E-state index in [0.29, 0.717) is 0 Å². The molecule has 10 heteroatoms. The van der Waals surface area contributed by atoms with E-state index in [9.17, 15) is 14.7 Å². The van der Waals surface area contributed by atoms with Crippen molar-refractivity contribution < 1.29 is 14.7 Å². The molecule has 1 aliphatic carbocycles. The minimum Gasteiger partial charge on any atom is -0.391 e. The number of carbonyl (C=O) groups is 2. The van der Waals surface area contributed by atoms with Gasteiger partial charge < -0.3 is 15.3 Å². The van der Waals surface area contributed by atoms with E-state index in [4.69, 9.17) is 0 Å². The smallest absolute Gasteiger partial charge is 0.248 e. The van der Waals surface area contributed by atoms with Gasteiger partial charge in [-0.05, 0) is 50.7 Å². The van der Waals surface area contributed by atoms with Crippen molar-refractivity contribution in [3.05, 3.63) is 52.9 Å². The van der Waals surface area contributed by atoms with Crippen LogP contribution in [0.5, 0.6) is 0 Å². The fourth-order valence-electron chi connectivity index (χ4n) is 4.81. The lowest BCUT2D eigenvalue weighted by Crippen LogP contribution is -2.49. The summed E-state index contributed by atoms with van der Waals surface area (Å²) in [7, 11) is 0. The Morgan fingerprint density at radius 2 is 1.94 bits per heavy atom. The highest BCUT2D eigenvalue weighted by Crippen LogP contribution is 2.41. The maximum atomic E-state index is 13.6. The molecule has 2 aliphatic rings. The number of hydrogen-bond donors (Lipinski definition) is 2. The molecule has 2 fully saturated rings. The second kappa shape index (κ2) is 9.50. The molecule has 0 bridgehead atoms. The first kappa shape index (κ1) is 23.6. The van der Waals surface area contributed by atoms with Gasteiger partial charge in [-0.3, -0.25) is 9.59 Å². The molecule has 0 spiro atoms. The third-order valence-corrected chi connectivity index (χ3v) is 7.85. The summed E-state index contributed by atoms with van der Waals surface area (Å²) < 4.78 is 1.62. The van der Waals surface area contributed by atoms with Crippen LogP contribution in [-0.4, -0.2) is 60.5 Å². The number of hydrogen-bond acceptors (Lipinski definition) is 7. The number of aliphatic hydroxyl groups is 1. The van der Waals surface area contributed by atoms with Crippen molar-refractivity contribution in [2.45, 2.75) is 64.3 Å². The number of rotatable bonds is 7. The maximum absolute atomic E-state index is 13.6. The Bertz CT molecular complexity index is 1220. The average Bonchev–Trinajstić information content (AvgIpc) is 3.21. The molecule has 1 saturated carbocycles. The predicted molar refractivity (Wildman–Crippen MR) is 131 cm³/mol. The molecule has 3 aromatic rings. The zero-order valence-corrected chi connectivity index (χ0v) is 20.9. The van der Waals surface area contributed by atoms with Crippen LogP contribution in [0.1, 0.15) is 55.2 Å². The van der Waals surface area contributed by atoms with Crippen molar-refractivity contribution in [2.24, 2.45) is 5.92 Å². The normalized spacial score (nSPS) is 21.7.